The highest BCUT2D eigenvalue weighted by Gasteiger charge is 2.08. The van der Waals surface area contributed by atoms with E-state index in [0.717, 1.165) is 5.82 Å². The largest absolute Gasteiger partial charge is 0.477 e. The maximum Gasteiger partial charge on any atom is 0.354 e. The third-order valence-corrected chi connectivity index (χ3v) is 2.51. The molecule has 2 aromatic heterocycles. The van der Waals surface area contributed by atoms with Crippen LogP contribution >= 0.6 is 0 Å². The quantitative estimate of drug-likeness (QED) is 0.796. The summed E-state index contributed by atoms with van der Waals surface area (Å²) in [5.74, 6) is 0.0695. The molecule has 2 heterocycles. The van der Waals surface area contributed by atoms with Gasteiger partial charge in [0, 0.05) is 25.7 Å². The number of aromatic nitrogens is 5. The van der Waals surface area contributed by atoms with Crippen molar-refractivity contribution in [2.45, 2.75) is 13.3 Å². The Labute approximate surface area is 109 Å². The van der Waals surface area contributed by atoms with Crippen molar-refractivity contribution in [1.29, 1.82) is 0 Å². The van der Waals surface area contributed by atoms with E-state index in [0.29, 0.717) is 24.6 Å². The molecule has 0 saturated carbocycles. The zero-order valence-corrected chi connectivity index (χ0v) is 10.7. The molecule has 19 heavy (non-hydrogen) atoms. The van der Waals surface area contributed by atoms with Crippen LogP contribution in [0.4, 0.5) is 5.95 Å². The molecule has 2 N–H and O–H groups in total. The van der Waals surface area contributed by atoms with Gasteiger partial charge in [-0.1, -0.05) is 0 Å². The molecule has 2 rings (SSSR count). The van der Waals surface area contributed by atoms with Gasteiger partial charge in [0.1, 0.15) is 12.2 Å². The Kier molecular flexibility index (Phi) is 3.69. The third kappa shape index (κ3) is 3.24. The minimum atomic E-state index is -1.07. The summed E-state index contributed by atoms with van der Waals surface area (Å²) in [6.45, 7) is 2.27. The van der Waals surface area contributed by atoms with E-state index < -0.39 is 5.97 Å². The summed E-state index contributed by atoms with van der Waals surface area (Å²) in [6.07, 6.45) is 2.28. The predicted molar refractivity (Wildman–Crippen MR) is 66.9 cm³/mol. The first-order chi connectivity index (χ1) is 9.06. The average molecular weight is 262 g/mol. The normalized spacial score (nSPS) is 10.4. The Bertz CT molecular complexity index is 595. The molecular weight excluding hydrogens is 248 g/mol. The summed E-state index contributed by atoms with van der Waals surface area (Å²) >= 11 is 0. The highest BCUT2D eigenvalue weighted by molar-refractivity contribution is 5.85. The summed E-state index contributed by atoms with van der Waals surface area (Å²) in [5, 5.41) is 19.6. The Morgan fingerprint density at radius 1 is 1.47 bits per heavy atom. The van der Waals surface area contributed by atoms with Crippen LogP contribution in [-0.4, -0.2) is 42.4 Å². The molecule has 0 saturated heterocycles. The lowest BCUT2D eigenvalue weighted by Crippen LogP contribution is -2.13. The van der Waals surface area contributed by atoms with Gasteiger partial charge in [-0.2, -0.15) is 0 Å². The van der Waals surface area contributed by atoms with Gasteiger partial charge in [0.05, 0.1) is 0 Å². The number of carboxylic acids is 1. The first-order valence-electron chi connectivity index (χ1n) is 5.72. The summed E-state index contributed by atoms with van der Waals surface area (Å²) in [5.41, 5.74) is 0.585. The maximum absolute atomic E-state index is 10.9. The lowest BCUT2D eigenvalue weighted by Gasteiger charge is -2.06. The van der Waals surface area contributed by atoms with Crippen molar-refractivity contribution in [3.05, 3.63) is 29.6 Å². The molecule has 0 aliphatic rings. The van der Waals surface area contributed by atoms with Crippen molar-refractivity contribution in [2.24, 2.45) is 7.05 Å². The van der Waals surface area contributed by atoms with Crippen LogP contribution in [0.2, 0.25) is 0 Å². The number of anilines is 1. The SMILES string of the molecule is Cc1cc(C(=O)O)nc(NCCc2nncn2C)n1. The Morgan fingerprint density at radius 3 is 2.89 bits per heavy atom. The Balaban J connectivity index is 2.00. The summed E-state index contributed by atoms with van der Waals surface area (Å²) in [6, 6.07) is 1.43. The highest BCUT2D eigenvalue weighted by atomic mass is 16.4. The van der Waals surface area contributed by atoms with Crippen LogP contribution in [0.25, 0.3) is 0 Å². The maximum atomic E-state index is 10.9. The van der Waals surface area contributed by atoms with Crippen molar-refractivity contribution in [3.63, 3.8) is 0 Å². The number of carboxylic acid groups (broad SMARTS) is 1. The van der Waals surface area contributed by atoms with E-state index >= 15 is 0 Å². The monoisotopic (exact) mass is 262 g/mol. The van der Waals surface area contributed by atoms with Crippen molar-refractivity contribution in [1.82, 2.24) is 24.7 Å². The van der Waals surface area contributed by atoms with Crippen LogP contribution in [0.3, 0.4) is 0 Å². The zero-order valence-electron chi connectivity index (χ0n) is 10.7. The van der Waals surface area contributed by atoms with Gasteiger partial charge in [-0.05, 0) is 13.0 Å². The van der Waals surface area contributed by atoms with Gasteiger partial charge in [0.2, 0.25) is 5.95 Å². The van der Waals surface area contributed by atoms with Gasteiger partial charge < -0.3 is 15.0 Å². The van der Waals surface area contributed by atoms with E-state index in [4.69, 9.17) is 5.11 Å². The minimum Gasteiger partial charge on any atom is -0.477 e. The molecule has 0 unspecified atom stereocenters. The van der Waals surface area contributed by atoms with Crippen LogP contribution in [-0.2, 0) is 13.5 Å². The second-order valence-electron chi connectivity index (χ2n) is 4.06. The molecule has 0 aromatic carbocycles. The molecule has 0 aliphatic heterocycles. The summed E-state index contributed by atoms with van der Waals surface area (Å²) in [7, 11) is 1.86. The molecule has 8 heteroatoms. The predicted octanol–water partition coefficient (Wildman–Crippen LogP) is 0.266. The molecule has 0 bridgehead atoms. The fraction of sp³-hybridized carbons (Fsp3) is 0.364. The second kappa shape index (κ2) is 5.42. The van der Waals surface area contributed by atoms with E-state index in [2.05, 4.69) is 25.5 Å². The molecular formula is C11H14N6O2. The average Bonchev–Trinajstić information content (AvgIpc) is 2.74. The number of aromatic carboxylic acids is 1. The molecule has 0 fully saturated rings. The molecule has 0 aliphatic carbocycles. The summed E-state index contributed by atoms with van der Waals surface area (Å²) < 4.78 is 1.82. The van der Waals surface area contributed by atoms with Crippen LogP contribution in [0.15, 0.2) is 12.4 Å². The van der Waals surface area contributed by atoms with Crippen molar-refractivity contribution in [2.75, 3.05) is 11.9 Å². The number of hydrogen-bond donors (Lipinski definition) is 2. The lowest BCUT2D eigenvalue weighted by atomic mass is 10.3. The molecule has 8 nitrogen and oxygen atoms in total. The van der Waals surface area contributed by atoms with Gasteiger partial charge in [0.25, 0.3) is 0 Å². The van der Waals surface area contributed by atoms with Crippen LogP contribution in [0, 0.1) is 6.92 Å². The van der Waals surface area contributed by atoms with E-state index in [-0.39, 0.29) is 5.69 Å². The van der Waals surface area contributed by atoms with E-state index in [1.165, 1.54) is 6.07 Å². The van der Waals surface area contributed by atoms with Gasteiger partial charge >= 0.3 is 5.97 Å². The van der Waals surface area contributed by atoms with Crippen molar-refractivity contribution in [3.8, 4) is 0 Å². The molecule has 0 atom stereocenters. The van der Waals surface area contributed by atoms with Crippen LogP contribution < -0.4 is 5.32 Å². The highest BCUT2D eigenvalue weighted by Crippen LogP contribution is 2.05. The van der Waals surface area contributed by atoms with Gasteiger partial charge in [-0.15, -0.1) is 10.2 Å². The molecule has 0 amide bonds. The van der Waals surface area contributed by atoms with Crippen molar-refractivity contribution < 1.29 is 9.90 Å². The van der Waals surface area contributed by atoms with Crippen LogP contribution in [0.5, 0.6) is 0 Å². The zero-order chi connectivity index (χ0) is 13.8. The smallest absolute Gasteiger partial charge is 0.354 e. The van der Waals surface area contributed by atoms with Crippen LogP contribution in [0.1, 0.15) is 22.0 Å². The molecule has 100 valence electrons. The molecule has 0 radical (unpaired) electrons. The number of hydrogen-bond acceptors (Lipinski definition) is 6. The number of rotatable bonds is 5. The number of aryl methyl sites for hydroxylation is 2. The number of nitrogens with zero attached hydrogens (tertiary/aromatic N) is 5. The lowest BCUT2D eigenvalue weighted by molar-refractivity contribution is 0.0690. The standard InChI is InChI=1S/C11H14N6O2/c1-7-5-8(10(18)19)15-11(14-7)12-4-3-9-16-13-6-17(9)2/h5-6H,3-4H2,1-2H3,(H,18,19)(H,12,14,15). The van der Waals surface area contributed by atoms with E-state index in [1.54, 1.807) is 13.3 Å². The molecule has 0 spiro atoms. The van der Waals surface area contributed by atoms with Gasteiger partial charge in [-0.3, -0.25) is 0 Å². The topological polar surface area (TPSA) is 106 Å². The minimum absolute atomic E-state index is 0.0198. The van der Waals surface area contributed by atoms with E-state index in [9.17, 15) is 4.79 Å². The second-order valence-corrected chi connectivity index (χ2v) is 4.06. The van der Waals surface area contributed by atoms with Gasteiger partial charge in [0.15, 0.2) is 5.69 Å². The summed E-state index contributed by atoms with van der Waals surface area (Å²) in [4.78, 5) is 18.9. The Hall–Kier alpha value is -2.51. The number of nitrogens with one attached hydrogen (secondary N) is 1. The van der Waals surface area contributed by atoms with Gasteiger partial charge in [-0.25, -0.2) is 14.8 Å². The first kappa shape index (κ1) is 12.9. The first-order valence-corrected chi connectivity index (χ1v) is 5.72. The number of carbonyl (C=O) groups is 1. The fourth-order valence-corrected chi connectivity index (χ4v) is 1.58. The van der Waals surface area contributed by atoms with Crippen molar-refractivity contribution >= 4 is 11.9 Å². The fourth-order valence-electron chi connectivity index (χ4n) is 1.58. The van der Waals surface area contributed by atoms with E-state index in [1.807, 2.05) is 11.6 Å². The Morgan fingerprint density at radius 2 is 2.26 bits per heavy atom. The molecule has 2 aromatic rings. The third-order valence-electron chi connectivity index (χ3n) is 2.51.